The fourth-order valence-corrected chi connectivity index (χ4v) is 3.50. The molecule has 2 aromatic heterocycles. The first-order valence-electron chi connectivity index (χ1n) is 8.74. The van der Waals surface area contributed by atoms with Crippen LogP contribution in [0.1, 0.15) is 16.8 Å². The molecular weight excluding hydrogens is 424 g/mol. The van der Waals surface area contributed by atoms with E-state index in [1.54, 1.807) is 36.5 Å². The Labute approximate surface area is 177 Å². The van der Waals surface area contributed by atoms with Crippen molar-refractivity contribution in [2.45, 2.75) is 11.5 Å². The Hall–Kier alpha value is -3.22. The monoisotopic (exact) mass is 438 g/mol. The van der Waals surface area contributed by atoms with Crippen molar-refractivity contribution in [2.24, 2.45) is 5.14 Å². The molecule has 4 aromatic rings. The Balaban J connectivity index is 1.76. The van der Waals surface area contributed by atoms with Gasteiger partial charge < -0.3 is 5.11 Å². The maximum absolute atomic E-state index is 11.4. The van der Waals surface area contributed by atoms with Crippen molar-refractivity contribution in [1.82, 2.24) is 14.6 Å². The highest BCUT2D eigenvalue weighted by Crippen LogP contribution is 2.23. The Morgan fingerprint density at radius 2 is 1.77 bits per heavy atom. The van der Waals surface area contributed by atoms with Gasteiger partial charge in [0.15, 0.2) is 5.65 Å². The zero-order valence-corrected chi connectivity index (χ0v) is 17.0. The molecule has 0 aliphatic rings. The van der Waals surface area contributed by atoms with E-state index in [9.17, 15) is 13.5 Å². The molecule has 9 heteroatoms. The molecule has 0 bridgehead atoms. The number of hydrogen-bond donors (Lipinski definition) is 2. The smallest absolute Gasteiger partial charge is 0.238 e. The third-order valence-electron chi connectivity index (χ3n) is 4.37. The van der Waals surface area contributed by atoms with Gasteiger partial charge in [0, 0.05) is 16.1 Å². The molecule has 150 valence electrons. The number of sulfonamides is 1. The highest BCUT2D eigenvalue weighted by molar-refractivity contribution is 7.89. The lowest BCUT2D eigenvalue weighted by Crippen LogP contribution is -2.11. The number of hydrogen-bond acceptors (Lipinski definition) is 5. The van der Waals surface area contributed by atoms with Crippen LogP contribution < -0.4 is 5.14 Å². The topological polar surface area (TPSA) is 111 Å². The molecule has 0 amide bonds. The summed E-state index contributed by atoms with van der Waals surface area (Å²) in [5.74, 6) is 5.97. The molecule has 2 aromatic carbocycles. The van der Waals surface area contributed by atoms with Gasteiger partial charge in [0.2, 0.25) is 10.0 Å². The van der Waals surface area contributed by atoms with Crippen LogP contribution in [0, 0.1) is 11.8 Å². The molecule has 0 saturated carbocycles. The van der Waals surface area contributed by atoms with E-state index in [2.05, 4.69) is 21.9 Å². The lowest BCUT2D eigenvalue weighted by molar-refractivity contribution is 0.273. The molecule has 0 atom stereocenters. The number of nitrogens with two attached hydrogens (primary N) is 1. The lowest BCUT2D eigenvalue weighted by Gasteiger charge is -2.06. The zero-order valence-electron chi connectivity index (χ0n) is 15.4. The van der Waals surface area contributed by atoms with Crippen LogP contribution in [0.3, 0.4) is 0 Å². The summed E-state index contributed by atoms with van der Waals surface area (Å²) < 4.78 is 24.3. The highest BCUT2D eigenvalue weighted by atomic mass is 35.5. The number of rotatable bonds is 3. The Bertz CT molecular complexity index is 1400. The van der Waals surface area contributed by atoms with Crippen molar-refractivity contribution in [2.75, 3.05) is 0 Å². The Morgan fingerprint density at radius 1 is 1.07 bits per heavy atom. The van der Waals surface area contributed by atoms with E-state index < -0.39 is 10.0 Å². The summed E-state index contributed by atoms with van der Waals surface area (Å²) in [6.07, 6.45) is 1.57. The average molecular weight is 439 g/mol. The number of nitrogens with zero attached hydrogens (tertiary/aromatic N) is 3. The highest BCUT2D eigenvalue weighted by Gasteiger charge is 2.11. The maximum Gasteiger partial charge on any atom is 0.238 e. The Morgan fingerprint density at radius 3 is 2.40 bits per heavy atom. The normalized spacial score (nSPS) is 11.3. The molecule has 0 aliphatic heterocycles. The van der Waals surface area contributed by atoms with Gasteiger partial charge in [-0.25, -0.2) is 23.1 Å². The molecule has 2 heterocycles. The van der Waals surface area contributed by atoms with Crippen molar-refractivity contribution in [1.29, 1.82) is 0 Å². The van der Waals surface area contributed by atoms with Crippen LogP contribution >= 0.6 is 11.6 Å². The van der Waals surface area contributed by atoms with Gasteiger partial charge in [0.25, 0.3) is 0 Å². The van der Waals surface area contributed by atoms with E-state index in [1.165, 1.54) is 16.6 Å². The largest absolute Gasteiger partial charge is 0.390 e. The standard InChI is InChI=1S/C21H15ClN4O3S/c22-17-7-5-15(6-8-17)20-11-18(13-27)26-21(25-20)16(12-24-26)4-1-14-2-9-19(10-3-14)30(23,28)29/h2-3,5-12,27H,13H2,(H2,23,28,29). The number of halogens is 1. The van der Waals surface area contributed by atoms with Crippen LogP contribution in [-0.2, 0) is 16.6 Å². The summed E-state index contributed by atoms with van der Waals surface area (Å²) in [5, 5.41) is 19.8. The lowest BCUT2D eigenvalue weighted by atomic mass is 10.1. The number of aliphatic hydroxyl groups excluding tert-OH is 1. The predicted octanol–water partition coefficient (Wildman–Crippen LogP) is 2.59. The summed E-state index contributed by atoms with van der Waals surface area (Å²) in [6, 6.07) is 14.9. The minimum atomic E-state index is -3.75. The van der Waals surface area contributed by atoms with Gasteiger partial charge in [-0.05, 0) is 42.5 Å². The SMILES string of the molecule is NS(=O)(=O)c1ccc(C#Cc2cnn3c(CO)cc(-c4ccc(Cl)cc4)nc23)cc1. The molecule has 0 radical (unpaired) electrons. The van der Waals surface area contributed by atoms with Crippen molar-refractivity contribution in [3.63, 3.8) is 0 Å². The second kappa shape index (κ2) is 7.89. The van der Waals surface area contributed by atoms with Crippen molar-refractivity contribution in [3.05, 3.63) is 82.6 Å². The van der Waals surface area contributed by atoms with Crippen molar-refractivity contribution >= 4 is 27.3 Å². The molecule has 0 saturated heterocycles. The predicted molar refractivity (Wildman–Crippen MR) is 113 cm³/mol. The number of aromatic nitrogens is 3. The number of benzene rings is 2. The number of fused-ring (bicyclic) bond motifs is 1. The van der Waals surface area contributed by atoms with Crippen LogP contribution in [0.5, 0.6) is 0 Å². The van der Waals surface area contributed by atoms with E-state index in [0.29, 0.717) is 33.2 Å². The maximum atomic E-state index is 11.4. The first-order chi connectivity index (χ1) is 14.3. The molecule has 0 unspecified atom stereocenters. The van der Waals surface area contributed by atoms with Gasteiger partial charge in [0.1, 0.15) is 0 Å². The summed E-state index contributed by atoms with van der Waals surface area (Å²) in [4.78, 5) is 4.67. The summed E-state index contributed by atoms with van der Waals surface area (Å²) in [7, 11) is -3.75. The van der Waals surface area contributed by atoms with E-state index in [-0.39, 0.29) is 11.5 Å². The summed E-state index contributed by atoms with van der Waals surface area (Å²) >= 11 is 5.96. The molecule has 0 spiro atoms. The zero-order chi connectivity index (χ0) is 21.3. The summed E-state index contributed by atoms with van der Waals surface area (Å²) in [6.45, 7) is -0.219. The van der Waals surface area contributed by atoms with E-state index in [0.717, 1.165) is 5.56 Å². The molecule has 0 aliphatic carbocycles. The van der Waals surface area contributed by atoms with Crippen molar-refractivity contribution < 1.29 is 13.5 Å². The van der Waals surface area contributed by atoms with E-state index >= 15 is 0 Å². The van der Waals surface area contributed by atoms with Gasteiger partial charge >= 0.3 is 0 Å². The number of aliphatic hydroxyl groups is 1. The fourth-order valence-electron chi connectivity index (χ4n) is 2.86. The first-order valence-corrected chi connectivity index (χ1v) is 10.7. The van der Waals surface area contributed by atoms with Gasteiger partial charge in [-0.1, -0.05) is 35.6 Å². The van der Waals surface area contributed by atoms with Gasteiger partial charge in [-0.15, -0.1) is 0 Å². The minimum absolute atomic E-state index is 0.0193. The van der Waals surface area contributed by atoms with Crippen LogP contribution in [0.15, 0.2) is 65.7 Å². The molecule has 7 nitrogen and oxygen atoms in total. The van der Waals surface area contributed by atoms with Gasteiger partial charge in [-0.3, -0.25) is 0 Å². The third kappa shape index (κ3) is 4.06. The third-order valence-corrected chi connectivity index (χ3v) is 5.55. The van der Waals surface area contributed by atoms with Crippen LogP contribution in [0.4, 0.5) is 0 Å². The van der Waals surface area contributed by atoms with Crippen LogP contribution in [0.25, 0.3) is 16.9 Å². The van der Waals surface area contributed by atoms with Crippen LogP contribution in [-0.4, -0.2) is 28.1 Å². The second-order valence-electron chi connectivity index (χ2n) is 6.41. The van der Waals surface area contributed by atoms with Crippen molar-refractivity contribution in [3.8, 4) is 23.1 Å². The second-order valence-corrected chi connectivity index (χ2v) is 8.41. The Kier molecular flexibility index (Phi) is 5.28. The first kappa shape index (κ1) is 20.1. The molecule has 3 N–H and O–H groups in total. The quantitative estimate of drug-likeness (QED) is 0.477. The average Bonchev–Trinajstić information content (AvgIpc) is 3.15. The molecule has 4 rings (SSSR count). The fraction of sp³-hybridized carbons (Fsp3) is 0.0476. The minimum Gasteiger partial charge on any atom is -0.390 e. The van der Waals surface area contributed by atoms with E-state index in [1.807, 2.05) is 12.1 Å². The summed E-state index contributed by atoms with van der Waals surface area (Å²) in [5.41, 5.74) is 3.74. The van der Waals surface area contributed by atoms with Gasteiger partial charge in [-0.2, -0.15) is 5.10 Å². The van der Waals surface area contributed by atoms with Gasteiger partial charge in [0.05, 0.1) is 34.7 Å². The number of primary sulfonamides is 1. The molecule has 30 heavy (non-hydrogen) atoms. The molecular formula is C21H15ClN4O3S. The molecule has 0 fully saturated rings. The van der Waals surface area contributed by atoms with Crippen LogP contribution in [0.2, 0.25) is 5.02 Å². The van der Waals surface area contributed by atoms with E-state index in [4.69, 9.17) is 16.7 Å².